The SMILES string of the molecule is COc1ccc(/C=C2\Oc3c(ccc(OC(=O)C(C)(C)C)c3C)C2=O)cc1. The molecule has 2 aromatic carbocycles. The summed E-state index contributed by atoms with van der Waals surface area (Å²) in [6.45, 7) is 7.13. The van der Waals surface area contributed by atoms with E-state index < -0.39 is 5.41 Å². The standard InChI is InChI=1S/C22H22O5/c1-13-17(27-21(24)22(2,3)4)11-10-16-19(23)18(26-20(13)16)12-14-6-8-15(25-5)9-7-14/h6-12H,1-5H3/b18-12-. The average molecular weight is 366 g/mol. The molecule has 0 amide bonds. The van der Waals surface area contributed by atoms with Crippen LogP contribution in [0, 0.1) is 12.3 Å². The maximum absolute atomic E-state index is 12.6. The Kier molecular flexibility index (Phi) is 4.79. The molecule has 3 rings (SSSR count). The molecule has 2 aromatic rings. The Bertz CT molecular complexity index is 930. The molecule has 140 valence electrons. The number of carbonyl (C=O) groups is 2. The highest BCUT2D eigenvalue weighted by atomic mass is 16.5. The third-order valence-electron chi connectivity index (χ3n) is 4.27. The van der Waals surface area contributed by atoms with Crippen molar-refractivity contribution < 1.29 is 23.8 Å². The summed E-state index contributed by atoms with van der Waals surface area (Å²) < 4.78 is 16.4. The van der Waals surface area contributed by atoms with Crippen LogP contribution >= 0.6 is 0 Å². The van der Waals surface area contributed by atoms with Gasteiger partial charge in [0.05, 0.1) is 18.1 Å². The van der Waals surface area contributed by atoms with Crippen molar-refractivity contribution in [1.29, 1.82) is 0 Å². The Morgan fingerprint density at radius 2 is 1.74 bits per heavy atom. The topological polar surface area (TPSA) is 61.8 Å². The zero-order chi connectivity index (χ0) is 19.8. The largest absolute Gasteiger partial charge is 0.497 e. The molecule has 0 aromatic heterocycles. The minimum absolute atomic E-state index is 0.197. The van der Waals surface area contributed by atoms with Gasteiger partial charge in [-0.25, -0.2) is 0 Å². The first-order valence-corrected chi connectivity index (χ1v) is 8.65. The van der Waals surface area contributed by atoms with Crippen LogP contribution in [0.2, 0.25) is 0 Å². The number of ether oxygens (including phenoxy) is 3. The van der Waals surface area contributed by atoms with Crippen LogP contribution in [-0.2, 0) is 4.79 Å². The molecule has 0 atom stereocenters. The van der Waals surface area contributed by atoms with Gasteiger partial charge in [0.1, 0.15) is 17.2 Å². The Hall–Kier alpha value is -3.08. The molecule has 5 heteroatoms. The number of benzene rings is 2. The molecule has 5 nitrogen and oxygen atoms in total. The predicted molar refractivity (Wildman–Crippen MR) is 102 cm³/mol. The lowest BCUT2D eigenvalue weighted by molar-refractivity contribution is -0.143. The van der Waals surface area contributed by atoms with Crippen LogP contribution in [0.4, 0.5) is 0 Å². The first-order chi connectivity index (χ1) is 12.7. The molecule has 0 unspecified atom stereocenters. The maximum Gasteiger partial charge on any atom is 0.316 e. The van der Waals surface area contributed by atoms with Crippen LogP contribution in [0.25, 0.3) is 6.08 Å². The van der Waals surface area contributed by atoms with Crippen molar-refractivity contribution in [2.45, 2.75) is 27.7 Å². The van der Waals surface area contributed by atoms with Crippen molar-refractivity contribution in [1.82, 2.24) is 0 Å². The molecule has 0 spiro atoms. The van der Waals surface area contributed by atoms with E-state index in [0.717, 1.165) is 11.3 Å². The molecule has 0 radical (unpaired) electrons. The van der Waals surface area contributed by atoms with Gasteiger partial charge < -0.3 is 14.2 Å². The van der Waals surface area contributed by atoms with E-state index in [4.69, 9.17) is 14.2 Å². The molecule has 1 aliphatic rings. The van der Waals surface area contributed by atoms with Crippen molar-refractivity contribution in [3.63, 3.8) is 0 Å². The summed E-state index contributed by atoms with van der Waals surface area (Å²) in [5.74, 6) is 1.26. The van der Waals surface area contributed by atoms with Gasteiger partial charge >= 0.3 is 5.97 Å². The van der Waals surface area contributed by atoms with E-state index in [2.05, 4.69) is 0 Å². The highest BCUT2D eigenvalue weighted by Gasteiger charge is 2.31. The minimum atomic E-state index is -0.623. The molecular weight excluding hydrogens is 344 g/mol. The third kappa shape index (κ3) is 3.72. The zero-order valence-corrected chi connectivity index (χ0v) is 16.1. The van der Waals surface area contributed by atoms with Crippen molar-refractivity contribution in [3.05, 3.63) is 58.8 Å². The second kappa shape index (κ2) is 6.91. The van der Waals surface area contributed by atoms with Gasteiger partial charge in [0.2, 0.25) is 5.78 Å². The number of hydrogen-bond acceptors (Lipinski definition) is 5. The highest BCUT2D eigenvalue weighted by molar-refractivity contribution is 6.15. The quantitative estimate of drug-likeness (QED) is 0.452. The summed E-state index contributed by atoms with van der Waals surface area (Å²) >= 11 is 0. The van der Waals surface area contributed by atoms with E-state index >= 15 is 0 Å². The van der Waals surface area contributed by atoms with Crippen molar-refractivity contribution in [2.24, 2.45) is 5.41 Å². The number of carbonyl (C=O) groups excluding carboxylic acids is 2. The van der Waals surface area contributed by atoms with Crippen molar-refractivity contribution >= 4 is 17.8 Å². The van der Waals surface area contributed by atoms with Gasteiger partial charge in [-0.2, -0.15) is 0 Å². The lowest BCUT2D eigenvalue weighted by atomic mass is 9.97. The van der Waals surface area contributed by atoms with Crippen LogP contribution in [0.1, 0.15) is 42.3 Å². The van der Waals surface area contributed by atoms with E-state index in [-0.39, 0.29) is 17.5 Å². The fraction of sp³-hybridized carbons (Fsp3) is 0.273. The first-order valence-electron chi connectivity index (χ1n) is 8.65. The molecule has 1 heterocycles. The molecule has 0 fully saturated rings. The number of esters is 1. The van der Waals surface area contributed by atoms with Gasteiger partial charge in [0.25, 0.3) is 0 Å². The molecular formula is C22H22O5. The Morgan fingerprint density at radius 3 is 2.33 bits per heavy atom. The second-order valence-corrected chi connectivity index (χ2v) is 7.42. The summed E-state index contributed by atoms with van der Waals surface area (Å²) in [6.07, 6.45) is 1.68. The van der Waals surface area contributed by atoms with Gasteiger partial charge in [0, 0.05) is 5.56 Å². The van der Waals surface area contributed by atoms with Gasteiger partial charge in [-0.1, -0.05) is 12.1 Å². The van der Waals surface area contributed by atoms with E-state index in [9.17, 15) is 9.59 Å². The van der Waals surface area contributed by atoms with Crippen LogP contribution in [0.5, 0.6) is 17.2 Å². The minimum Gasteiger partial charge on any atom is -0.497 e. The van der Waals surface area contributed by atoms with Gasteiger partial charge in [-0.15, -0.1) is 0 Å². The summed E-state index contributed by atoms with van der Waals surface area (Å²) in [7, 11) is 1.60. The molecule has 27 heavy (non-hydrogen) atoms. The number of fused-ring (bicyclic) bond motifs is 1. The first kappa shape index (κ1) is 18.7. The molecule has 0 bridgehead atoms. The number of allylic oxidation sites excluding steroid dienone is 1. The molecule has 0 N–H and O–H groups in total. The Labute approximate surface area is 158 Å². The number of rotatable bonds is 3. The van der Waals surface area contributed by atoms with Gasteiger partial charge in [-0.3, -0.25) is 9.59 Å². The van der Waals surface area contributed by atoms with Crippen molar-refractivity contribution in [3.8, 4) is 17.2 Å². The Morgan fingerprint density at radius 1 is 1.07 bits per heavy atom. The molecule has 0 saturated carbocycles. The fourth-order valence-corrected chi connectivity index (χ4v) is 2.58. The van der Waals surface area contributed by atoms with E-state index in [0.29, 0.717) is 22.6 Å². The smallest absolute Gasteiger partial charge is 0.316 e. The molecule has 0 saturated heterocycles. The zero-order valence-electron chi connectivity index (χ0n) is 16.1. The molecule has 0 aliphatic carbocycles. The van der Waals surface area contributed by atoms with Gasteiger partial charge in [-0.05, 0) is 63.6 Å². The number of ketones is 1. The number of hydrogen-bond donors (Lipinski definition) is 0. The maximum atomic E-state index is 12.6. The average Bonchev–Trinajstić information content (AvgIpc) is 2.94. The summed E-state index contributed by atoms with van der Waals surface area (Å²) in [6, 6.07) is 10.6. The van der Waals surface area contributed by atoms with Crippen LogP contribution in [0.15, 0.2) is 42.2 Å². The summed E-state index contributed by atoms with van der Waals surface area (Å²) in [5.41, 5.74) is 1.28. The number of methoxy groups -OCH3 is 1. The highest BCUT2D eigenvalue weighted by Crippen LogP contribution is 2.39. The van der Waals surface area contributed by atoms with Crippen LogP contribution < -0.4 is 14.2 Å². The summed E-state index contributed by atoms with van der Waals surface area (Å²) in [4.78, 5) is 24.8. The lowest BCUT2D eigenvalue weighted by Gasteiger charge is -2.17. The van der Waals surface area contributed by atoms with E-state index in [1.165, 1.54) is 0 Å². The second-order valence-electron chi connectivity index (χ2n) is 7.42. The Balaban J connectivity index is 1.89. The van der Waals surface area contributed by atoms with E-state index in [1.54, 1.807) is 53.0 Å². The van der Waals surface area contributed by atoms with Crippen molar-refractivity contribution in [2.75, 3.05) is 7.11 Å². The van der Waals surface area contributed by atoms with Crippen LogP contribution in [0.3, 0.4) is 0 Å². The summed E-state index contributed by atoms with van der Waals surface area (Å²) in [5, 5.41) is 0. The lowest BCUT2D eigenvalue weighted by Crippen LogP contribution is -2.25. The van der Waals surface area contributed by atoms with E-state index in [1.807, 2.05) is 24.3 Å². The fourth-order valence-electron chi connectivity index (χ4n) is 2.58. The monoisotopic (exact) mass is 366 g/mol. The number of Topliss-reactive ketones (excluding diaryl/α,β-unsaturated/α-hetero) is 1. The van der Waals surface area contributed by atoms with Crippen LogP contribution in [-0.4, -0.2) is 18.9 Å². The predicted octanol–water partition coefficient (Wildman–Crippen LogP) is 4.57. The van der Waals surface area contributed by atoms with Gasteiger partial charge in [0.15, 0.2) is 5.76 Å². The normalized spacial score (nSPS) is 14.7. The molecule has 1 aliphatic heterocycles. The third-order valence-corrected chi connectivity index (χ3v) is 4.27.